The van der Waals surface area contributed by atoms with Gasteiger partial charge in [-0.15, -0.1) is 0 Å². The van der Waals surface area contributed by atoms with E-state index in [4.69, 9.17) is 16.2 Å². The molecule has 0 aliphatic heterocycles. The molecular weight excluding hydrogens is 406 g/mol. The topological polar surface area (TPSA) is 141 Å². The number of nitrogens with zero attached hydrogens (tertiary/aromatic N) is 2. The molecule has 3 amide bonds. The van der Waals surface area contributed by atoms with Gasteiger partial charge in [-0.25, -0.2) is 0 Å². The Morgan fingerprint density at radius 1 is 1.23 bits per heavy atom. The molecule has 1 heterocycles. The molecule has 0 aliphatic rings. The van der Waals surface area contributed by atoms with Crippen LogP contribution in [0.3, 0.4) is 0 Å². The number of carbonyl (C=O) groups excluding carboxylic acids is 3. The van der Waals surface area contributed by atoms with Crippen molar-refractivity contribution in [3.05, 3.63) is 40.4 Å². The van der Waals surface area contributed by atoms with E-state index in [1.807, 2.05) is 20.8 Å². The SMILES string of the molecule is COc1ccc(CN(C(=O)c2snc(C(N)=O)c2N)C(C)C(=O)NC(C)(C)C)cc1. The van der Waals surface area contributed by atoms with Crippen molar-refractivity contribution in [2.24, 2.45) is 5.73 Å². The first kappa shape index (κ1) is 23.1. The number of nitrogens with two attached hydrogens (primary N) is 2. The first-order chi connectivity index (χ1) is 13.9. The van der Waals surface area contributed by atoms with Crippen LogP contribution in [-0.2, 0) is 11.3 Å². The summed E-state index contributed by atoms with van der Waals surface area (Å²) < 4.78 is 9.05. The first-order valence-electron chi connectivity index (χ1n) is 9.25. The number of carbonyl (C=O) groups is 3. The monoisotopic (exact) mass is 433 g/mol. The highest BCUT2D eigenvalue weighted by Crippen LogP contribution is 2.25. The van der Waals surface area contributed by atoms with Gasteiger partial charge in [-0.1, -0.05) is 12.1 Å². The Morgan fingerprint density at radius 3 is 2.30 bits per heavy atom. The van der Waals surface area contributed by atoms with Crippen LogP contribution in [0.5, 0.6) is 5.75 Å². The third-order valence-corrected chi connectivity index (χ3v) is 5.12. The van der Waals surface area contributed by atoms with Crippen LogP contribution < -0.4 is 21.5 Å². The van der Waals surface area contributed by atoms with Gasteiger partial charge in [0.2, 0.25) is 5.91 Å². The van der Waals surface area contributed by atoms with Gasteiger partial charge in [-0.3, -0.25) is 14.4 Å². The van der Waals surface area contributed by atoms with Gasteiger partial charge in [-0.05, 0) is 56.9 Å². The number of nitrogen functional groups attached to an aromatic ring is 1. The van der Waals surface area contributed by atoms with Gasteiger partial charge in [0.15, 0.2) is 5.69 Å². The van der Waals surface area contributed by atoms with E-state index in [2.05, 4.69) is 9.69 Å². The Bertz CT molecular complexity index is 934. The average Bonchev–Trinajstić information content (AvgIpc) is 3.05. The van der Waals surface area contributed by atoms with Gasteiger partial charge in [0.05, 0.1) is 12.8 Å². The molecule has 0 radical (unpaired) electrons. The van der Waals surface area contributed by atoms with Gasteiger partial charge < -0.3 is 26.4 Å². The zero-order chi connectivity index (χ0) is 22.6. The van der Waals surface area contributed by atoms with E-state index in [0.717, 1.165) is 17.1 Å². The van der Waals surface area contributed by atoms with Crippen LogP contribution in [0.4, 0.5) is 5.69 Å². The van der Waals surface area contributed by atoms with Crippen LogP contribution in [0, 0.1) is 0 Å². The molecule has 1 unspecified atom stereocenters. The van der Waals surface area contributed by atoms with E-state index >= 15 is 0 Å². The van der Waals surface area contributed by atoms with Crippen LogP contribution in [0.2, 0.25) is 0 Å². The zero-order valence-electron chi connectivity index (χ0n) is 17.7. The van der Waals surface area contributed by atoms with E-state index < -0.39 is 23.4 Å². The summed E-state index contributed by atoms with van der Waals surface area (Å²) in [7, 11) is 1.56. The molecule has 1 atom stereocenters. The number of rotatable bonds is 7. The van der Waals surface area contributed by atoms with Crippen molar-refractivity contribution in [1.82, 2.24) is 14.6 Å². The summed E-state index contributed by atoms with van der Waals surface area (Å²) in [6, 6.07) is 6.34. The van der Waals surface area contributed by atoms with Crippen LogP contribution >= 0.6 is 11.5 Å². The second-order valence-electron chi connectivity index (χ2n) is 7.83. The van der Waals surface area contributed by atoms with Crippen molar-refractivity contribution < 1.29 is 19.1 Å². The van der Waals surface area contributed by atoms with Crippen LogP contribution in [-0.4, -0.2) is 45.7 Å². The van der Waals surface area contributed by atoms with Crippen molar-refractivity contribution in [2.45, 2.75) is 45.8 Å². The number of ether oxygens (including phenoxy) is 1. The highest BCUT2D eigenvalue weighted by molar-refractivity contribution is 7.09. The summed E-state index contributed by atoms with van der Waals surface area (Å²) in [5.74, 6) is -0.969. The fourth-order valence-electron chi connectivity index (χ4n) is 2.69. The predicted molar refractivity (Wildman–Crippen MR) is 115 cm³/mol. The Labute approximate surface area is 179 Å². The molecule has 1 aromatic carbocycles. The Morgan fingerprint density at radius 2 is 1.83 bits per heavy atom. The molecule has 30 heavy (non-hydrogen) atoms. The quantitative estimate of drug-likeness (QED) is 0.608. The second-order valence-corrected chi connectivity index (χ2v) is 8.61. The molecular formula is C20H27N5O4S. The number of primary amides is 1. The molecule has 5 N–H and O–H groups in total. The maximum atomic E-state index is 13.3. The van der Waals surface area contributed by atoms with Gasteiger partial charge in [0.1, 0.15) is 16.7 Å². The third-order valence-electron chi connectivity index (χ3n) is 4.27. The second kappa shape index (κ2) is 9.12. The Balaban J connectivity index is 2.39. The van der Waals surface area contributed by atoms with Crippen molar-refractivity contribution in [3.63, 3.8) is 0 Å². The van der Waals surface area contributed by atoms with Crippen LogP contribution in [0.1, 0.15) is 53.4 Å². The Kier molecular flexibility index (Phi) is 7.04. The number of amides is 3. The van der Waals surface area contributed by atoms with Gasteiger partial charge >= 0.3 is 0 Å². The molecule has 10 heteroatoms. The maximum absolute atomic E-state index is 13.3. The minimum absolute atomic E-state index is 0.0627. The average molecular weight is 434 g/mol. The van der Waals surface area contributed by atoms with E-state index in [1.54, 1.807) is 38.3 Å². The number of nitrogens with one attached hydrogen (secondary N) is 1. The van der Waals surface area contributed by atoms with Crippen LogP contribution in [0.15, 0.2) is 24.3 Å². The highest BCUT2D eigenvalue weighted by atomic mass is 32.1. The van der Waals surface area contributed by atoms with E-state index in [1.165, 1.54) is 4.90 Å². The molecule has 2 rings (SSSR count). The summed E-state index contributed by atoms with van der Waals surface area (Å²) in [5, 5.41) is 2.88. The van der Waals surface area contributed by atoms with Gasteiger partial charge in [0, 0.05) is 12.1 Å². The number of methoxy groups -OCH3 is 1. The highest BCUT2D eigenvalue weighted by Gasteiger charge is 2.32. The molecule has 9 nitrogen and oxygen atoms in total. The summed E-state index contributed by atoms with van der Waals surface area (Å²) in [5.41, 5.74) is 11.3. The van der Waals surface area contributed by atoms with Crippen LogP contribution in [0.25, 0.3) is 0 Å². The number of anilines is 1. The van der Waals surface area contributed by atoms with E-state index in [9.17, 15) is 14.4 Å². The molecule has 1 aromatic heterocycles. The zero-order valence-corrected chi connectivity index (χ0v) is 18.5. The minimum atomic E-state index is -0.817. The fraction of sp³-hybridized carbons (Fsp3) is 0.400. The summed E-state index contributed by atoms with van der Waals surface area (Å²) in [6.07, 6.45) is 0. The number of aromatic nitrogens is 1. The molecule has 0 spiro atoms. The molecule has 0 aliphatic carbocycles. The lowest BCUT2D eigenvalue weighted by Crippen LogP contribution is -2.52. The maximum Gasteiger partial charge on any atom is 0.270 e. The van der Waals surface area contributed by atoms with E-state index in [0.29, 0.717) is 5.75 Å². The third kappa shape index (κ3) is 5.47. The Hall–Kier alpha value is -3.14. The summed E-state index contributed by atoms with van der Waals surface area (Å²) >= 11 is 0.781. The smallest absolute Gasteiger partial charge is 0.270 e. The number of hydrogen-bond acceptors (Lipinski definition) is 7. The van der Waals surface area contributed by atoms with Crippen molar-refractivity contribution in [3.8, 4) is 5.75 Å². The van der Waals surface area contributed by atoms with E-state index in [-0.39, 0.29) is 28.7 Å². The fourth-order valence-corrected chi connectivity index (χ4v) is 3.45. The predicted octanol–water partition coefficient (Wildman–Crippen LogP) is 1.78. The standard InChI is InChI=1S/C20H27N5O4S/c1-11(18(27)23-20(2,3)4)25(10-12-6-8-13(29-5)9-7-12)19(28)16-14(21)15(17(22)26)24-30-16/h6-9,11H,10,21H2,1-5H3,(H2,22,26)(H,23,27). The molecule has 2 aromatic rings. The molecule has 0 saturated carbocycles. The van der Waals surface area contributed by atoms with Gasteiger partial charge in [-0.2, -0.15) is 4.37 Å². The minimum Gasteiger partial charge on any atom is -0.497 e. The number of hydrogen-bond donors (Lipinski definition) is 3. The summed E-state index contributed by atoms with van der Waals surface area (Å²) in [4.78, 5) is 39.0. The lowest BCUT2D eigenvalue weighted by atomic mass is 10.1. The molecule has 0 bridgehead atoms. The van der Waals surface area contributed by atoms with Crippen molar-refractivity contribution in [2.75, 3.05) is 12.8 Å². The largest absolute Gasteiger partial charge is 0.497 e. The molecule has 0 saturated heterocycles. The van der Waals surface area contributed by atoms with Crippen molar-refractivity contribution >= 4 is 34.9 Å². The lowest BCUT2D eigenvalue weighted by Gasteiger charge is -2.31. The summed E-state index contributed by atoms with van der Waals surface area (Å²) in [6.45, 7) is 7.34. The first-order valence-corrected chi connectivity index (χ1v) is 10.0. The number of benzene rings is 1. The van der Waals surface area contributed by atoms with Gasteiger partial charge in [0.25, 0.3) is 11.8 Å². The lowest BCUT2D eigenvalue weighted by molar-refractivity contribution is -0.126. The normalized spacial score (nSPS) is 12.2. The van der Waals surface area contributed by atoms with Crippen molar-refractivity contribution in [1.29, 1.82) is 0 Å². The molecule has 162 valence electrons. The molecule has 0 fully saturated rings.